The van der Waals surface area contributed by atoms with E-state index in [1.165, 1.54) is 0 Å². The van der Waals surface area contributed by atoms with E-state index < -0.39 is 14.0 Å². The first kappa shape index (κ1) is 10.8. The highest BCUT2D eigenvalue weighted by molar-refractivity contribution is 14.1. The molecule has 0 radical (unpaired) electrons. The lowest BCUT2D eigenvalue weighted by atomic mass is 10.5. The molecule has 0 aromatic carbocycles. The summed E-state index contributed by atoms with van der Waals surface area (Å²) < 4.78 is 5.98. The maximum absolute atomic E-state index is 10.7. The largest absolute Gasteiger partial charge is 0.475 e. The Hall–Kier alpha value is -0.303. The van der Waals surface area contributed by atoms with Crippen molar-refractivity contribution < 1.29 is 14.3 Å². The molecule has 0 aliphatic rings. The van der Waals surface area contributed by atoms with Crippen molar-refractivity contribution in [3.8, 4) is 0 Å². The van der Waals surface area contributed by atoms with Gasteiger partial charge in [-0.2, -0.15) is 0 Å². The molecule has 0 unspecified atom stereocenters. The van der Waals surface area contributed by atoms with Crippen LogP contribution in [0.25, 0.3) is 0 Å². The maximum atomic E-state index is 10.7. The third-order valence-corrected chi connectivity index (χ3v) is 4.15. The van der Waals surface area contributed by atoms with Crippen LogP contribution in [0, 0.1) is 3.57 Å². The molecule has 5 heteroatoms. The van der Waals surface area contributed by atoms with E-state index in [1.807, 2.05) is 28.7 Å². The lowest BCUT2D eigenvalue weighted by Gasteiger charge is -2.10. The van der Waals surface area contributed by atoms with Crippen LogP contribution in [0.15, 0.2) is 10.5 Å². The van der Waals surface area contributed by atoms with Gasteiger partial charge in [-0.15, -0.1) is 0 Å². The zero-order valence-electron chi connectivity index (χ0n) is 7.72. The molecule has 3 nitrogen and oxygen atoms in total. The maximum Gasteiger partial charge on any atom is 0.372 e. The Kier molecular flexibility index (Phi) is 2.86. The van der Waals surface area contributed by atoms with Crippen molar-refractivity contribution in [2.45, 2.75) is 19.6 Å². The molecule has 1 aromatic rings. The minimum atomic E-state index is -1.52. The molecule has 0 atom stereocenters. The summed E-state index contributed by atoms with van der Waals surface area (Å²) in [6.45, 7) is 6.36. The highest BCUT2D eigenvalue weighted by atomic mass is 127. The molecule has 0 spiro atoms. The summed E-state index contributed by atoms with van der Waals surface area (Å²) in [5.41, 5.74) is 0. The van der Waals surface area contributed by atoms with E-state index in [0.29, 0.717) is 3.57 Å². The van der Waals surface area contributed by atoms with Gasteiger partial charge in [0, 0.05) is 0 Å². The van der Waals surface area contributed by atoms with Crippen molar-refractivity contribution in [2.24, 2.45) is 0 Å². The second-order valence-electron chi connectivity index (χ2n) is 3.84. The molecule has 0 saturated carbocycles. The second-order valence-corrected chi connectivity index (χ2v) is 10.00. The van der Waals surface area contributed by atoms with E-state index in [4.69, 9.17) is 9.52 Å². The van der Waals surface area contributed by atoms with Crippen LogP contribution in [0.5, 0.6) is 0 Å². The number of carbonyl (C=O) groups is 1. The topological polar surface area (TPSA) is 50.4 Å². The van der Waals surface area contributed by atoms with Gasteiger partial charge in [-0.3, -0.25) is 0 Å². The minimum absolute atomic E-state index is 0.0676. The fourth-order valence-electron chi connectivity index (χ4n) is 0.884. The first-order valence-corrected chi connectivity index (χ1v) is 8.43. The third kappa shape index (κ3) is 2.34. The quantitative estimate of drug-likeness (QED) is 0.672. The summed E-state index contributed by atoms with van der Waals surface area (Å²) in [6, 6.07) is 1.83. The van der Waals surface area contributed by atoms with E-state index in [9.17, 15) is 4.79 Å². The molecule has 0 amide bonds. The zero-order chi connectivity index (χ0) is 10.2. The molecule has 1 rings (SSSR count). The fraction of sp³-hybridized carbons (Fsp3) is 0.375. The Morgan fingerprint density at radius 1 is 1.54 bits per heavy atom. The summed E-state index contributed by atoms with van der Waals surface area (Å²) in [6.07, 6.45) is 0. The lowest BCUT2D eigenvalue weighted by molar-refractivity contribution is 0.0662. The molecule has 1 N–H and O–H groups in total. The van der Waals surface area contributed by atoms with Crippen LogP contribution < -0.4 is 5.38 Å². The Bertz CT molecular complexity index is 338. The van der Waals surface area contributed by atoms with Gasteiger partial charge < -0.3 is 9.52 Å². The summed E-state index contributed by atoms with van der Waals surface area (Å²) >= 11 is 1.98. The van der Waals surface area contributed by atoms with Crippen molar-refractivity contribution in [2.75, 3.05) is 0 Å². The normalized spacial score (nSPS) is 11.7. The Morgan fingerprint density at radius 3 is 2.31 bits per heavy atom. The number of furan rings is 1. The monoisotopic (exact) mass is 310 g/mol. The summed E-state index contributed by atoms with van der Waals surface area (Å²) in [4.78, 5) is 10.7. The number of carboxylic acids is 1. The van der Waals surface area contributed by atoms with Gasteiger partial charge in [0.2, 0.25) is 5.76 Å². The number of aromatic carboxylic acids is 1. The average molecular weight is 310 g/mol. The van der Waals surface area contributed by atoms with Crippen LogP contribution in [0.4, 0.5) is 0 Å². The molecule has 1 heterocycles. The predicted octanol–water partition coefficient (Wildman–Crippen LogP) is 2.13. The Balaban J connectivity index is 3.17. The number of halogens is 1. The van der Waals surface area contributed by atoms with Gasteiger partial charge in [0.15, 0.2) is 0 Å². The smallest absolute Gasteiger partial charge is 0.372 e. The van der Waals surface area contributed by atoms with E-state index in [-0.39, 0.29) is 5.76 Å². The molecule has 0 fully saturated rings. The molecule has 0 saturated heterocycles. The molecule has 13 heavy (non-hydrogen) atoms. The first-order chi connectivity index (χ1) is 5.82. The van der Waals surface area contributed by atoms with Gasteiger partial charge in [0.05, 0.1) is 8.95 Å². The molecule has 0 aliphatic heterocycles. The van der Waals surface area contributed by atoms with Crippen LogP contribution in [-0.2, 0) is 0 Å². The third-order valence-electron chi connectivity index (χ3n) is 1.62. The van der Waals surface area contributed by atoms with Crippen molar-refractivity contribution in [1.82, 2.24) is 0 Å². The van der Waals surface area contributed by atoms with Gasteiger partial charge in [0.25, 0.3) is 0 Å². The number of hydrogen-bond donors (Lipinski definition) is 1. The number of carboxylic acid groups (broad SMARTS) is 1. The van der Waals surface area contributed by atoms with Gasteiger partial charge in [-0.1, -0.05) is 19.6 Å². The van der Waals surface area contributed by atoms with Gasteiger partial charge >= 0.3 is 5.97 Å². The van der Waals surface area contributed by atoms with Gasteiger partial charge in [0.1, 0.15) is 8.07 Å². The summed E-state index contributed by atoms with van der Waals surface area (Å²) in [5, 5.41) is 9.60. The summed E-state index contributed by atoms with van der Waals surface area (Å²) in [7, 11) is -1.52. The molecular formula is C8H11IO3Si. The average Bonchev–Trinajstić information content (AvgIpc) is 2.29. The highest BCUT2D eigenvalue weighted by Crippen LogP contribution is 2.15. The molecular weight excluding hydrogens is 299 g/mol. The van der Waals surface area contributed by atoms with E-state index in [0.717, 1.165) is 5.38 Å². The fourth-order valence-corrected chi connectivity index (χ4v) is 2.79. The second kappa shape index (κ2) is 3.45. The van der Waals surface area contributed by atoms with Gasteiger partial charge in [-0.05, 0) is 28.7 Å². The lowest BCUT2D eigenvalue weighted by Crippen LogP contribution is -2.36. The van der Waals surface area contributed by atoms with Crippen molar-refractivity contribution in [1.29, 1.82) is 0 Å². The Morgan fingerprint density at radius 2 is 2.08 bits per heavy atom. The van der Waals surface area contributed by atoms with Crippen LogP contribution in [0.3, 0.4) is 0 Å². The van der Waals surface area contributed by atoms with E-state index >= 15 is 0 Å². The minimum Gasteiger partial charge on any atom is -0.475 e. The van der Waals surface area contributed by atoms with Crippen LogP contribution in [-0.4, -0.2) is 19.1 Å². The molecule has 0 aliphatic carbocycles. The van der Waals surface area contributed by atoms with Crippen LogP contribution in [0.2, 0.25) is 19.6 Å². The zero-order valence-corrected chi connectivity index (χ0v) is 10.9. The molecule has 72 valence electrons. The van der Waals surface area contributed by atoms with Crippen LogP contribution >= 0.6 is 22.6 Å². The molecule has 1 aromatic heterocycles. The van der Waals surface area contributed by atoms with Crippen molar-refractivity contribution >= 4 is 42.0 Å². The summed E-state index contributed by atoms with van der Waals surface area (Å²) in [5.74, 6) is -0.924. The SMILES string of the molecule is C[Si](C)(C)c1cc(I)c(C(=O)O)o1. The number of hydrogen-bond acceptors (Lipinski definition) is 2. The first-order valence-electron chi connectivity index (χ1n) is 3.85. The highest BCUT2D eigenvalue weighted by Gasteiger charge is 2.25. The van der Waals surface area contributed by atoms with Gasteiger partial charge in [-0.25, -0.2) is 4.79 Å². The molecule has 0 bridgehead atoms. The van der Waals surface area contributed by atoms with Crippen molar-refractivity contribution in [3.63, 3.8) is 0 Å². The van der Waals surface area contributed by atoms with Crippen LogP contribution in [0.1, 0.15) is 10.6 Å². The van der Waals surface area contributed by atoms with E-state index in [2.05, 4.69) is 19.6 Å². The standard InChI is InChI=1S/C8H11IO3Si/c1-13(2,3)6-4-5(9)7(12-6)8(10)11/h4H,1-3H3,(H,10,11). The predicted molar refractivity (Wildman–Crippen MR) is 61.4 cm³/mol. The van der Waals surface area contributed by atoms with Crippen molar-refractivity contribution in [3.05, 3.63) is 15.4 Å². The number of rotatable bonds is 2. The Labute approximate surface area is 91.3 Å². The van der Waals surface area contributed by atoms with E-state index in [1.54, 1.807) is 0 Å².